The van der Waals surface area contributed by atoms with E-state index in [0.717, 1.165) is 11.3 Å². The number of methoxy groups -OCH3 is 2. The first kappa shape index (κ1) is 15.9. The van der Waals surface area contributed by atoms with Crippen molar-refractivity contribution in [2.75, 3.05) is 14.2 Å². The summed E-state index contributed by atoms with van der Waals surface area (Å²) in [7, 11) is 3.18. The van der Waals surface area contributed by atoms with Crippen molar-refractivity contribution in [3.63, 3.8) is 0 Å². The maximum atomic E-state index is 5.29. The van der Waals surface area contributed by atoms with E-state index in [-0.39, 0.29) is 0 Å². The molecular formula is C15H16N6O2S. The number of aryl methyl sites for hydroxylation is 1. The van der Waals surface area contributed by atoms with Gasteiger partial charge in [0.05, 0.1) is 20.4 Å². The number of aromatic nitrogens is 5. The molecule has 0 aliphatic carbocycles. The van der Waals surface area contributed by atoms with E-state index >= 15 is 0 Å². The molecule has 0 saturated heterocycles. The van der Waals surface area contributed by atoms with E-state index in [1.54, 1.807) is 20.4 Å². The van der Waals surface area contributed by atoms with Crippen LogP contribution in [0.3, 0.4) is 0 Å². The van der Waals surface area contributed by atoms with Gasteiger partial charge in [-0.2, -0.15) is 20.0 Å². The maximum absolute atomic E-state index is 5.29. The number of nitrogens with zero attached hydrogens (tertiary/aromatic N) is 4. The molecule has 2 heterocycles. The van der Waals surface area contributed by atoms with Crippen LogP contribution in [0.5, 0.6) is 11.5 Å². The summed E-state index contributed by atoms with van der Waals surface area (Å²) < 4.78 is 12.4. The summed E-state index contributed by atoms with van der Waals surface area (Å²) in [5, 5.41) is 18.4. The summed E-state index contributed by atoms with van der Waals surface area (Å²) in [6, 6.07) is 7.37. The van der Waals surface area contributed by atoms with E-state index in [4.69, 9.17) is 21.7 Å². The molecule has 0 radical (unpaired) electrons. The molecule has 0 spiro atoms. The van der Waals surface area contributed by atoms with Gasteiger partial charge in [-0.15, -0.1) is 0 Å². The average Bonchev–Trinajstić information content (AvgIpc) is 3.18. The molecule has 0 fully saturated rings. The number of H-pyrrole nitrogens is 2. The zero-order valence-electron chi connectivity index (χ0n) is 13.4. The third kappa shape index (κ3) is 3.06. The van der Waals surface area contributed by atoms with Crippen molar-refractivity contribution in [2.24, 2.45) is 5.10 Å². The predicted octanol–water partition coefficient (Wildman–Crippen LogP) is 2.54. The number of benzene rings is 1. The molecule has 3 rings (SSSR count). The Morgan fingerprint density at radius 2 is 1.92 bits per heavy atom. The topological polar surface area (TPSA) is 93.1 Å². The lowest BCUT2D eigenvalue weighted by atomic mass is 10.2. The summed E-state index contributed by atoms with van der Waals surface area (Å²) >= 11 is 5.23. The van der Waals surface area contributed by atoms with Gasteiger partial charge in [-0.3, -0.25) is 5.10 Å². The van der Waals surface area contributed by atoms with Gasteiger partial charge in [0.25, 0.3) is 0 Å². The molecule has 0 bridgehead atoms. The first-order chi connectivity index (χ1) is 11.6. The first-order valence-electron chi connectivity index (χ1n) is 7.08. The zero-order chi connectivity index (χ0) is 17.1. The molecule has 9 heteroatoms. The standard InChI is InChI=1S/C15H16N6O2S/c1-9-6-11(18-17-9)14-19-20-15(24)21(14)16-8-10-4-5-12(22-2)13(7-10)23-3/h4-8H,1-3H3,(H,17,18)(H,20,24)/b16-8-. The zero-order valence-corrected chi connectivity index (χ0v) is 14.2. The highest BCUT2D eigenvalue weighted by Crippen LogP contribution is 2.27. The number of ether oxygens (including phenoxy) is 2. The molecule has 8 nitrogen and oxygen atoms in total. The van der Waals surface area contributed by atoms with Crippen LogP contribution in [-0.2, 0) is 0 Å². The van der Waals surface area contributed by atoms with Gasteiger partial charge in [0.15, 0.2) is 11.5 Å². The minimum atomic E-state index is 0.377. The van der Waals surface area contributed by atoms with Crippen molar-refractivity contribution in [3.05, 3.63) is 40.3 Å². The maximum Gasteiger partial charge on any atom is 0.216 e. The van der Waals surface area contributed by atoms with E-state index in [9.17, 15) is 0 Å². The van der Waals surface area contributed by atoms with Crippen LogP contribution in [0, 0.1) is 11.7 Å². The van der Waals surface area contributed by atoms with Gasteiger partial charge in [-0.25, -0.2) is 5.10 Å². The fourth-order valence-corrected chi connectivity index (χ4v) is 2.33. The molecular weight excluding hydrogens is 328 g/mol. The van der Waals surface area contributed by atoms with E-state index in [1.807, 2.05) is 31.2 Å². The molecule has 24 heavy (non-hydrogen) atoms. The van der Waals surface area contributed by atoms with Crippen LogP contribution in [0.4, 0.5) is 0 Å². The van der Waals surface area contributed by atoms with E-state index in [2.05, 4.69) is 25.5 Å². The number of nitrogens with one attached hydrogen (secondary N) is 2. The van der Waals surface area contributed by atoms with Gasteiger partial charge in [0.1, 0.15) is 5.69 Å². The van der Waals surface area contributed by atoms with Crippen molar-refractivity contribution in [2.45, 2.75) is 6.92 Å². The Morgan fingerprint density at radius 3 is 2.58 bits per heavy atom. The van der Waals surface area contributed by atoms with Crippen LogP contribution >= 0.6 is 12.2 Å². The van der Waals surface area contributed by atoms with Crippen molar-refractivity contribution in [3.8, 4) is 23.0 Å². The predicted molar refractivity (Wildman–Crippen MR) is 92.3 cm³/mol. The Hall–Kier alpha value is -2.94. The Balaban J connectivity index is 1.96. The Bertz CT molecular complexity index is 940. The third-order valence-corrected chi connectivity index (χ3v) is 3.58. The summed E-state index contributed by atoms with van der Waals surface area (Å²) in [6.07, 6.45) is 1.66. The van der Waals surface area contributed by atoms with Crippen LogP contribution < -0.4 is 9.47 Å². The second-order valence-corrected chi connectivity index (χ2v) is 5.35. The van der Waals surface area contributed by atoms with E-state index in [0.29, 0.717) is 27.8 Å². The first-order valence-corrected chi connectivity index (χ1v) is 7.49. The molecule has 2 aromatic heterocycles. The molecule has 2 N–H and O–H groups in total. The molecule has 124 valence electrons. The van der Waals surface area contributed by atoms with Gasteiger partial charge >= 0.3 is 0 Å². The third-order valence-electron chi connectivity index (χ3n) is 3.32. The molecule has 1 aromatic carbocycles. The lowest BCUT2D eigenvalue weighted by Crippen LogP contribution is -1.96. The summed E-state index contributed by atoms with van der Waals surface area (Å²) in [4.78, 5) is 0. The summed E-state index contributed by atoms with van der Waals surface area (Å²) in [5.41, 5.74) is 2.42. The quantitative estimate of drug-likeness (QED) is 0.548. The van der Waals surface area contributed by atoms with Crippen molar-refractivity contribution in [1.82, 2.24) is 25.1 Å². The molecule has 0 aliphatic rings. The van der Waals surface area contributed by atoms with Gasteiger partial charge in [0.2, 0.25) is 10.6 Å². The average molecular weight is 344 g/mol. The Labute approximate surface area is 143 Å². The Kier molecular flexibility index (Phi) is 4.43. The number of rotatable bonds is 5. The van der Waals surface area contributed by atoms with Crippen LogP contribution in [0.15, 0.2) is 29.4 Å². The van der Waals surface area contributed by atoms with Crippen LogP contribution in [0.25, 0.3) is 11.5 Å². The van der Waals surface area contributed by atoms with Crippen LogP contribution in [0.2, 0.25) is 0 Å². The molecule has 0 aliphatic heterocycles. The highest BCUT2D eigenvalue weighted by molar-refractivity contribution is 7.71. The SMILES string of the molecule is COc1ccc(/C=N\n2c(-c3cc(C)[nH]n3)n[nH]c2=S)cc1OC. The van der Waals surface area contributed by atoms with Crippen LogP contribution in [0.1, 0.15) is 11.3 Å². The second-order valence-electron chi connectivity index (χ2n) is 4.96. The number of hydrogen-bond acceptors (Lipinski definition) is 6. The molecule has 0 atom stereocenters. The second kappa shape index (κ2) is 6.67. The molecule has 0 saturated carbocycles. The van der Waals surface area contributed by atoms with Gasteiger partial charge in [-0.05, 0) is 49.0 Å². The normalized spacial score (nSPS) is 11.1. The van der Waals surface area contributed by atoms with Gasteiger partial charge in [0, 0.05) is 5.69 Å². The molecule has 0 amide bonds. The van der Waals surface area contributed by atoms with Crippen molar-refractivity contribution in [1.29, 1.82) is 0 Å². The lowest BCUT2D eigenvalue weighted by Gasteiger charge is -2.07. The smallest absolute Gasteiger partial charge is 0.216 e. The summed E-state index contributed by atoms with van der Waals surface area (Å²) in [5.74, 6) is 1.81. The largest absolute Gasteiger partial charge is 0.493 e. The molecule has 3 aromatic rings. The lowest BCUT2D eigenvalue weighted by molar-refractivity contribution is 0.355. The highest BCUT2D eigenvalue weighted by Gasteiger charge is 2.11. The van der Waals surface area contributed by atoms with E-state index in [1.165, 1.54) is 4.68 Å². The Morgan fingerprint density at radius 1 is 1.12 bits per heavy atom. The minimum Gasteiger partial charge on any atom is -0.493 e. The van der Waals surface area contributed by atoms with Gasteiger partial charge < -0.3 is 9.47 Å². The fourth-order valence-electron chi connectivity index (χ4n) is 2.15. The highest BCUT2D eigenvalue weighted by atomic mass is 32.1. The van der Waals surface area contributed by atoms with Crippen molar-refractivity contribution < 1.29 is 9.47 Å². The van der Waals surface area contributed by atoms with Crippen LogP contribution in [-0.4, -0.2) is 45.5 Å². The monoisotopic (exact) mass is 344 g/mol. The minimum absolute atomic E-state index is 0.377. The van der Waals surface area contributed by atoms with Crippen molar-refractivity contribution >= 4 is 18.4 Å². The molecule has 0 unspecified atom stereocenters. The summed E-state index contributed by atoms with van der Waals surface area (Å²) in [6.45, 7) is 1.91. The number of hydrogen-bond donors (Lipinski definition) is 2. The number of aromatic amines is 2. The van der Waals surface area contributed by atoms with Gasteiger partial charge in [-0.1, -0.05) is 0 Å². The fraction of sp³-hybridized carbons (Fsp3) is 0.200. The van der Waals surface area contributed by atoms with E-state index < -0.39 is 0 Å².